The minimum Gasteiger partial charge on any atom is -0.479 e. The molecule has 0 saturated carbocycles. The number of carbonyl (C=O) groups excluding carboxylic acids is 1. The summed E-state index contributed by atoms with van der Waals surface area (Å²) in [5, 5.41) is 18.3. The van der Waals surface area contributed by atoms with E-state index in [-0.39, 0.29) is 25.4 Å². The quantitative estimate of drug-likeness (QED) is 0.485. The molecule has 0 radical (unpaired) electrons. The third-order valence-corrected chi connectivity index (χ3v) is 3.04. The average Bonchev–Trinajstić information content (AvgIpc) is 2.42. The third-order valence-electron chi connectivity index (χ3n) is 3.04. The minimum atomic E-state index is -1.64. The monoisotopic (exact) mass is 282 g/mol. The SMILES string of the molecule is C=CCCC(=O)N(C)C(CC#N)(COCCC)C(=O)O. The minimum absolute atomic E-state index is 0.161. The summed E-state index contributed by atoms with van der Waals surface area (Å²) in [5.41, 5.74) is -1.64. The van der Waals surface area contributed by atoms with Crippen LogP contribution in [0.4, 0.5) is 0 Å². The van der Waals surface area contributed by atoms with Crippen LogP contribution in [0, 0.1) is 11.3 Å². The van der Waals surface area contributed by atoms with E-state index in [4.69, 9.17) is 10.00 Å². The molecule has 0 aromatic rings. The van der Waals surface area contributed by atoms with Gasteiger partial charge in [-0.05, 0) is 12.8 Å². The number of carbonyl (C=O) groups is 2. The number of carboxylic acid groups (broad SMARTS) is 1. The molecule has 0 bridgehead atoms. The molecule has 20 heavy (non-hydrogen) atoms. The predicted octanol–water partition coefficient (Wildman–Crippen LogP) is 1.57. The van der Waals surface area contributed by atoms with E-state index in [1.165, 1.54) is 7.05 Å². The normalized spacial score (nSPS) is 13.1. The van der Waals surface area contributed by atoms with Gasteiger partial charge >= 0.3 is 5.97 Å². The second-order valence-corrected chi connectivity index (χ2v) is 4.50. The summed E-state index contributed by atoms with van der Waals surface area (Å²) in [5.74, 6) is -1.58. The molecule has 0 aliphatic heterocycles. The average molecular weight is 282 g/mol. The van der Waals surface area contributed by atoms with Crippen LogP contribution in [0.1, 0.15) is 32.6 Å². The Morgan fingerprint density at radius 1 is 1.55 bits per heavy atom. The van der Waals surface area contributed by atoms with E-state index in [2.05, 4.69) is 6.58 Å². The van der Waals surface area contributed by atoms with Crippen molar-refractivity contribution in [3.63, 3.8) is 0 Å². The number of rotatable bonds is 10. The van der Waals surface area contributed by atoms with Crippen molar-refractivity contribution in [2.24, 2.45) is 0 Å². The van der Waals surface area contributed by atoms with E-state index in [1.807, 2.05) is 13.0 Å². The van der Waals surface area contributed by atoms with Crippen molar-refractivity contribution in [3.8, 4) is 6.07 Å². The van der Waals surface area contributed by atoms with Gasteiger partial charge < -0.3 is 14.7 Å². The summed E-state index contributed by atoms with van der Waals surface area (Å²) in [4.78, 5) is 24.7. The van der Waals surface area contributed by atoms with Crippen LogP contribution in [0.15, 0.2) is 12.7 Å². The lowest BCUT2D eigenvalue weighted by atomic mass is 9.94. The molecule has 0 heterocycles. The van der Waals surface area contributed by atoms with E-state index in [1.54, 1.807) is 6.08 Å². The van der Waals surface area contributed by atoms with Gasteiger partial charge in [-0.2, -0.15) is 5.26 Å². The third kappa shape index (κ3) is 4.67. The number of hydrogen-bond donors (Lipinski definition) is 1. The summed E-state index contributed by atoms with van der Waals surface area (Å²) in [6.45, 7) is 5.61. The van der Waals surface area contributed by atoms with Crippen LogP contribution in [0.5, 0.6) is 0 Å². The highest BCUT2D eigenvalue weighted by atomic mass is 16.5. The first-order chi connectivity index (χ1) is 9.46. The number of nitrogens with zero attached hydrogens (tertiary/aromatic N) is 2. The summed E-state index contributed by atoms with van der Waals surface area (Å²) in [6.07, 6.45) is 2.63. The lowest BCUT2D eigenvalue weighted by Gasteiger charge is -2.36. The van der Waals surface area contributed by atoms with E-state index in [0.29, 0.717) is 13.0 Å². The maximum absolute atomic E-state index is 12.0. The Morgan fingerprint density at radius 3 is 2.65 bits per heavy atom. The number of aliphatic carboxylic acids is 1. The Bertz CT molecular complexity index is 389. The zero-order chi connectivity index (χ0) is 15.6. The number of nitriles is 1. The Labute approximate surface area is 119 Å². The van der Waals surface area contributed by atoms with E-state index >= 15 is 0 Å². The molecular weight excluding hydrogens is 260 g/mol. The Kier molecular flexibility index (Phi) is 8.25. The van der Waals surface area contributed by atoms with Gasteiger partial charge in [-0.25, -0.2) is 4.79 Å². The zero-order valence-electron chi connectivity index (χ0n) is 12.1. The number of ether oxygens (including phenoxy) is 1. The molecule has 6 nitrogen and oxygen atoms in total. The molecule has 1 unspecified atom stereocenters. The molecule has 1 atom stereocenters. The smallest absolute Gasteiger partial charge is 0.333 e. The molecular formula is C14H22N2O4. The van der Waals surface area contributed by atoms with Crippen molar-refractivity contribution < 1.29 is 19.4 Å². The van der Waals surface area contributed by atoms with Crippen LogP contribution in [0.2, 0.25) is 0 Å². The Hall–Kier alpha value is -1.87. The fraction of sp³-hybridized carbons (Fsp3) is 0.643. The molecule has 0 aliphatic carbocycles. The van der Waals surface area contributed by atoms with Crippen molar-refractivity contribution in [1.82, 2.24) is 4.90 Å². The van der Waals surface area contributed by atoms with Crippen LogP contribution >= 0.6 is 0 Å². The molecule has 0 aromatic heterocycles. The maximum atomic E-state index is 12.0. The number of allylic oxidation sites excluding steroid dienone is 1. The zero-order valence-corrected chi connectivity index (χ0v) is 12.1. The molecule has 0 rings (SSSR count). The van der Waals surface area contributed by atoms with Gasteiger partial charge in [0, 0.05) is 20.1 Å². The molecule has 6 heteroatoms. The van der Waals surface area contributed by atoms with Crippen LogP contribution < -0.4 is 0 Å². The summed E-state index contributed by atoms with van der Waals surface area (Å²) in [6, 6.07) is 1.83. The Morgan fingerprint density at radius 2 is 2.20 bits per heavy atom. The molecule has 0 aromatic carbocycles. The van der Waals surface area contributed by atoms with Crippen molar-refractivity contribution in [2.45, 2.75) is 38.1 Å². The highest BCUT2D eigenvalue weighted by Gasteiger charge is 2.45. The number of likely N-dealkylation sites (N-methyl/N-ethyl adjacent to an activating group) is 1. The molecule has 0 aliphatic rings. The summed E-state index contributed by atoms with van der Waals surface area (Å²) >= 11 is 0. The lowest BCUT2D eigenvalue weighted by molar-refractivity contribution is -0.162. The number of carboxylic acids is 1. The van der Waals surface area contributed by atoms with Crippen molar-refractivity contribution in [1.29, 1.82) is 5.26 Å². The second kappa shape index (κ2) is 9.10. The summed E-state index contributed by atoms with van der Waals surface area (Å²) < 4.78 is 5.29. The predicted molar refractivity (Wildman–Crippen MR) is 73.9 cm³/mol. The Balaban J connectivity index is 5.15. The van der Waals surface area contributed by atoms with Gasteiger partial charge in [-0.1, -0.05) is 13.0 Å². The van der Waals surface area contributed by atoms with Crippen LogP contribution in [-0.4, -0.2) is 47.7 Å². The topological polar surface area (TPSA) is 90.6 Å². The van der Waals surface area contributed by atoms with Crippen molar-refractivity contribution in [2.75, 3.05) is 20.3 Å². The first-order valence-electron chi connectivity index (χ1n) is 6.52. The van der Waals surface area contributed by atoms with E-state index < -0.39 is 11.5 Å². The second-order valence-electron chi connectivity index (χ2n) is 4.50. The highest BCUT2D eigenvalue weighted by Crippen LogP contribution is 2.21. The van der Waals surface area contributed by atoms with Gasteiger partial charge in [-0.3, -0.25) is 4.79 Å². The van der Waals surface area contributed by atoms with Gasteiger partial charge in [0.2, 0.25) is 5.91 Å². The first kappa shape index (κ1) is 18.1. The standard InChI is InChI=1S/C14H22N2O4/c1-4-6-7-12(17)16(3)14(8-9-15,13(18)19)11-20-10-5-2/h4H,1,5-8,10-11H2,2-3H3,(H,18,19). The van der Waals surface area contributed by atoms with Crippen LogP contribution in [-0.2, 0) is 14.3 Å². The highest BCUT2D eigenvalue weighted by molar-refractivity contribution is 5.87. The number of hydrogen-bond acceptors (Lipinski definition) is 4. The van der Waals surface area contributed by atoms with Gasteiger partial charge in [0.05, 0.1) is 19.1 Å². The number of amides is 1. The summed E-state index contributed by atoms with van der Waals surface area (Å²) in [7, 11) is 1.40. The van der Waals surface area contributed by atoms with Crippen molar-refractivity contribution >= 4 is 11.9 Å². The molecule has 112 valence electrons. The molecule has 1 amide bonds. The van der Waals surface area contributed by atoms with Gasteiger partial charge in [-0.15, -0.1) is 6.58 Å². The van der Waals surface area contributed by atoms with Crippen molar-refractivity contribution in [3.05, 3.63) is 12.7 Å². The fourth-order valence-corrected chi connectivity index (χ4v) is 1.70. The lowest BCUT2D eigenvalue weighted by Crippen LogP contribution is -2.58. The van der Waals surface area contributed by atoms with Crippen LogP contribution in [0.25, 0.3) is 0 Å². The molecule has 0 saturated heterocycles. The van der Waals surface area contributed by atoms with E-state index in [9.17, 15) is 14.7 Å². The van der Waals surface area contributed by atoms with Crippen LogP contribution in [0.3, 0.4) is 0 Å². The van der Waals surface area contributed by atoms with E-state index in [0.717, 1.165) is 11.3 Å². The molecule has 0 fully saturated rings. The van der Waals surface area contributed by atoms with Gasteiger partial charge in [0.25, 0.3) is 0 Å². The van der Waals surface area contributed by atoms with Gasteiger partial charge in [0.15, 0.2) is 5.54 Å². The van der Waals surface area contributed by atoms with Gasteiger partial charge in [0.1, 0.15) is 0 Å². The fourth-order valence-electron chi connectivity index (χ4n) is 1.70. The molecule has 1 N–H and O–H groups in total. The largest absolute Gasteiger partial charge is 0.479 e. The first-order valence-corrected chi connectivity index (χ1v) is 6.52. The molecule has 0 spiro atoms. The maximum Gasteiger partial charge on any atom is 0.333 e.